The third kappa shape index (κ3) is 3.36. The van der Waals surface area contributed by atoms with Crippen LogP contribution in [0.15, 0.2) is 58.7 Å². The van der Waals surface area contributed by atoms with Gasteiger partial charge in [0.15, 0.2) is 11.0 Å². The van der Waals surface area contributed by atoms with Crippen LogP contribution in [0.1, 0.15) is 26.1 Å². The highest BCUT2D eigenvalue weighted by Crippen LogP contribution is 2.27. The van der Waals surface area contributed by atoms with Gasteiger partial charge in [-0.05, 0) is 37.6 Å². The number of fused-ring (bicyclic) bond motifs is 3. The Morgan fingerprint density at radius 3 is 2.53 bits per heavy atom. The lowest BCUT2D eigenvalue weighted by molar-refractivity contribution is 0.626. The maximum absolute atomic E-state index is 12.9. The van der Waals surface area contributed by atoms with Crippen LogP contribution in [0, 0.1) is 0 Å². The number of rotatable bonds is 7. The van der Waals surface area contributed by atoms with Crippen molar-refractivity contribution in [1.82, 2.24) is 38.9 Å². The molecule has 0 fully saturated rings. The second kappa shape index (κ2) is 8.54. The Morgan fingerprint density at radius 1 is 0.938 bits per heavy atom. The van der Waals surface area contributed by atoms with Crippen LogP contribution in [0.5, 0.6) is 0 Å². The normalized spacial score (nSPS) is 11.6. The van der Waals surface area contributed by atoms with Gasteiger partial charge in [-0.1, -0.05) is 30.8 Å². The molecule has 0 radical (unpaired) electrons. The fourth-order valence-corrected chi connectivity index (χ4v) is 4.73. The van der Waals surface area contributed by atoms with Crippen molar-refractivity contribution in [2.45, 2.75) is 44.3 Å². The summed E-state index contributed by atoms with van der Waals surface area (Å²) >= 11 is 1.56. The highest BCUT2D eigenvalue weighted by molar-refractivity contribution is 7.98. The van der Waals surface area contributed by atoms with Crippen LogP contribution in [-0.4, -0.2) is 38.9 Å². The molecule has 0 bridgehead atoms. The average molecular weight is 447 g/mol. The fourth-order valence-electron chi connectivity index (χ4n) is 3.86. The first-order chi connectivity index (χ1) is 15.7. The van der Waals surface area contributed by atoms with Crippen molar-refractivity contribution in [1.29, 1.82) is 0 Å². The second-order valence-electron chi connectivity index (χ2n) is 7.30. The third-order valence-corrected chi connectivity index (χ3v) is 6.29. The highest BCUT2D eigenvalue weighted by Gasteiger charge is 2.18. The smallest absolute Gasteiger partial charge is 0.262 e. The number of pyridine rings is 1. The lowest BCUT2D eigenvalue weighted by Gasteiger charge is -2.10. The molecule has 5 aromatic rings. The van der Waals surface area contributed by atoms with Crippen LogP contribution < -0.4 is 5.56 Å². The molecule has 5 rings (SSSR count). The van der Waals surface area contributed by atoms with Crippen molar-refractivity contribution in [2.75, 3.05) is 0 Å². The summed E-state index contributed by atoms with van der Waals surface area (Å²) in [6.45, 7) is 5.41. The summed E-state index contributed by atoms with van der Waals surface area (Å²) < 4.78 is 5.76. The molecule has 0 N–H and O–H groups in total. The monoisotopic (exact) mass is 446 g/mol. The van der Waals surface area contributed by atoms with E-state index in [1.165, 1.54) is 0 Å². The van der Waals surface area contributed by atoms with Gasteiger partial charge in [0.05, 0.1) is 16.7 Å². The summed E-state index contributed by atoms with van der Waals surface area (Å²) in [4.78, 5) is 17.0. The Labute approximate surface area is 188 Å². The summed E-state index contributed by atoms with van der Waals surface area (Å²) in [5, 5.41) is 19.1. The number of aryl methyl sites for hydroxylation is 1. The van der Waals surface area contributed by atoms with Crippen LogP contribution in [0.25, 0.3) is 28.1 Å². The minimum absolute atomic E-state index is 0.0492. The summed E-state index contributed by atoms with van der Waals surface area (Å²) in [5.74, 6) is 2.69. The van der Waals surface area contributed by atoms with Crippen molar-refractivity contribution in [3.05, 3.63) is 65.0 Å². The molecule has 0 amide bonds. The molecule has 0 saturated heterocycles. The molecule has 10 heteroatoms. The van der Waals surface area contributed by atoms with E-state index in [1.54, 1.807) is 28.7 Å². The lowest BCUT2D eigenvalue weighted by atomic mass is 10.2. The van der Waals surface area contributed by atoms with E-state index in [9.17, 15) is 4.79 Å². The number of benzene rings is 1. The van der Waals surface area contributed by atoms with Crippen molar-refractivity contribution in [3.63, 3.8) is 0 Å². The van der Waals surface area contributed by atoms with Crippen molar-refractivity contribution in [3.8, 4) is 11.4 Å². The standard InChI is InChI=1S/C22H22N8OS/c1-3-13-29-19(15-9-11-23-12-10-15)25-27-22(29)32-14-18-24-26-21-28(4-2)20(31)16-7-5-6-8-17(16)30(18)21/h5-12H,3-4,13-14H2,1-2H3. The van der Waals surface area contributed by atoms with Gasteiger partial charge in [-0.2, -0.15) is 0 Å². The van der Waals surface area contributed by atoms with Crippen molar-refractivity contribution in [2.24, 2.45) is 0 Å². The van der Waals surface area contributed by atoms with Gasteiger partial charge in [-0.25, -0.2) is 0 Å². The van der Waals surface area contributed by atoms with Crippen LogP contribution in [0.2, 0.25) is 0 Å². The molecular formula is C22H22N8OS. The zero-order valence-corrected chi connectivity index (χ0v) is 18.7. The molecule has 162 valence electrons. The van der Waals surface area contributed by atoms with Gasteiger partial charge in [0, 0.05) is 31.0 Å². The Bertz CT molecular complexity index is 1450. The Balaban J connectivity index is 1.55. The van der Waals surface area contributed by atoms with Crippen LogP contribution in [0.4, 0.5) is 0 Å². The minimum Gasteiger partial charge on any atom is -0.302 e. The maximum Gasteiger partial charge on any atom is 0.262 e. The second-order valence-corrected chi connectivity index (χ2v) is 8.24. The van der Waals surface area contributed by atoms with Crippen LogP contribution in [0.3, 0.4) is 0 Å². The number of nitrogens with zero attached hydrogens (tertiary/aromatic N) is 8. The molecule has 0 atom stereocenters. The Hall–Kier alpha value is -3.53. The Kier molecular flexibility index (Phi) is 5.44. The number of hydrogen-bond donors (Lipinski definition) is 0. The summed E-state index contributed by atoms with van der Waals surface area (Å²) in [5.41, 5.74) is 1.75. The maximum atomic E-state index is 12.9. The van der Waals surface area contributed by atoms with E-state index in [2.05, 4.69) is 36.9 Å². The zero-order chi connectivity index (χ0) is 22.1. The molecule has 0 spiro atoms. The molecule has 1 aromatic carbocycles. The van der Waals surface area contributed by atoms with Crippen LogP contribution in [-0.2, 0) is 18.8 Å². The first-order valence-electron chi connectivity index (χ1n) is 10.5. The predicted octanol–water partition coefficient (Wildman–Crippen LogP) is 3.42. The molecule has 0 aliphatic heterocycles. The van der Waals surface area contributed by atoms with E-state index in [4.69, 9.17) is 0 Å². The molecule has 0 unspecified atom stereocenters. The van der Waals surface area contributed by atoms with E-state index in [1.807, 2.05) is 47.7 Å². The van der Waals surface area contributed by atoms with Crippen molar-refractivity contribution >= 4 is 28.4 Å². The van der Waals surface area contributed by atoms with Gasteiger partial charge in [0.1, 0.15) is 5.82 Å². The number of hydrogen-bond acceptors (Lipinski definition) is 7. The van der Waals surface area contributed by atoms with E-state index in [-0.39, 0.29) is 5.56 Å². The van der Waals surface area contributed by atoms with E-state index in [0.29, 0.717) is 23.5 Å². The quantitative estimate of drug-likeness (QED) is 0.354. The molecule has 0 aliphatic carbocycles. The largest absolute Gasteiger partial charge is 0.302 e. The van der Waals surface area contributed by atoms with Gasteiger partial charge >= 0.3 is 0 Å². The molecule has 0 saturated carbocycles. The Morgan fingerprint density at radius 2 is 1.75 bits per heavy atom. The number of thioether (sulfide) groups is 1. The fraction of sp³-hybridized carbons (Fsp3) is 0.273. The first-order valence-corrected chi connectivity index (χ1v) is 11.5. The molecule has 0 aliphatic rings. The van der Waals surface area contributed by atoms with E-state index >= 15 is 0 Å². The first kappa shape index (κ1) is 20.4. The van der Waals surface area contributed by atoms with Gasteiger partial charge in [0.25, 0.3) is 5.56 Å². The SMILES string of the molecule is CCCn1c(SCc2nnc3n(CC)c(=O)c4ccccc4n23)nnc1-c1ccncc1. The minimum atomic E-state index is -0.0492. The van der Waals surface area contributed by atoms with Crippen molar-refractivity contribution < 1.29 is 0 Å². The van der Waals surface area contributed by atoms with Crippen LogP contribution >= 0.6 is 11.8 Å². The van der Waals surface area contributed by atoms with Gasteiger partial charge in [-0.3, -0.25) is 18.7 Å². The molecule has 32 heavy (non-hydrogen) atoms. The molecule has 9 nitrogen and oxygen atoms in total. The molecular weight excluding hydrogens is 424 g/mol. The zero-order valence-electron chi connectivity index (χ0n) is 17.8. The topological polar surface area (TPSA) is 95.8 Å². The summed E-state index contributed by atoms with van der Waals surface area (Å²) in [7, 11) is 0. The number of aromatic nitrogens is 8. The lowest BCUT2D eigenvalue weighted by Crippen LogP contribution is -2.22. The number of para-hydroxylation sites is 1. The predicted molar refractivity (Wildman–Crippen MR) is 124 cm³/mol. The van der Waals surface area contributed by atoms with Gasteiger partial charge in [0.2, 0.25) is 5.78 Å². The summed E-state index contributed by atoms with van der Waals surface area (Å²) in [6, 6.07) is 11.5. The molecule has 4 heterocycles. The third-order valence-electron chi connectivity index (χ3n) is 5.32. The van der Waals surface area contributed by atoms with Gasteiger partial charge < -0.3 is 4.57 Å². The van der Waals surface area contributed by atoms with E-state index in [0.717, 1.165) is 40.9 Å². The average Bonchev–Trinajstić information content (AvgIpc) is 3.43. The summed E-state index contributed by atoms with van der Waals surface area (Å²) in [6.07, 6.45) is 4.48. The van der Waals surface area contributed by atoms with Gasteiger partial charge in [-0.15, -0.1) is 20.4 Å². The molecule has 4 aromatic heterocycles. The highest BCUT2D eigenvalue weighted by atomic mass is 32.2. The van der Waals surface area contributed by atoms with E-state index < -0.39 is 0 Å².